The van der Waals surface area contributed by atoms with Gasteiger partial charge in [-0.3, -0.25) is 4.99 Å². The Morgan fingerprint density at radius 2 is 2.12 bits per heavy atom. The molecule has 0 aliphatic carbocycles. The number of aromatic nitrogens is 1. The maximum absolute atomic E-state index is 5.43. The van der Waals surface area contributed by atoms with E-state index in [-0.39, 0.29) is 0 Å². The molecule has 0 saturated carbocycles. The zero-order valence-corrected chi connectivity index (χ0v) is 16.5. The van der Waals surface area contributed by atoms with Crippen LogP contribution in [0.4, 0.5) is 0 Å². The summed E-state index contributed by atoms with van der Waals surface area (Å²) in [5.74, 6) is 2.18. The summed E-state index contributed by atoms with van der Waals surface area (Å²) in [6, 6.07) is 6.25. The van der Waals surface area contributed by atoms with Crippen LogP contribution in [0.15, 0.2) is 28.6 Å². The molecule has 6 heteroatoms. The fourth-order valence-electron chi connectivity index (χ4n) is 2.47. The third kappa shape index (κ3) is 5.74. The minimum absolute atomic E-state index is 0.465. The average molecular weight is 361 g/mol. The normalized spacial score (nSPS) is 11.7. The van der Waals surface area contributed by atoms with Gasteiger partial charge in [-0.05, 0) is 30.9 Å². The molecule has 5 nitrogen and oxygen atoms in total. The van der Waals surface area contributed by atoms with Crippen molar-refractivity contribution in [3.05, 3.63) is 45.4 Å². The molecule has 1 heterocycles. The van der Waals surface area contributed by atoms with E-state index in [1.165, 1.54) is 11.1 Å². The van der Waals surface area contributed by atoms with E-state index in [4.69, 9.17) is 4.74 Å². The maximum atomic E-state index is 5.43. The lowest BCUT2D eigenvalue weighted by Gasteiger charge is -2.13. The minimum atomic E-state index is 0.465. The first-order valence-corrected chi connectivity index (χ1v) is 9.43. The monoisotopic (exact) mass is 360 g/mol. The van der Waals surface area contributed by atoms with Crippen LogP contribution in [0.3, 0.4) is 0 Å². The molecule has 2 rings (SSSR count). The number of hydrogen-bond donors (Lipinski definition) is 2. The van der Waals surface area contributed by atoms with Crippen molar-refractivity contribution >= 4 is 17.3 Å². The molecule has 0 amide bonds. The standard InChI is InChI=1S/C19H28N4OS/c1-13(2)16-12-25-18(23-16)11-22-19(20-4)21-9-8-15-10-14(3)6-7-17(15)24-5/h6-7,10,12-13H,8-9,11H2,1-5H3,(H2,20,21,22). The van der Waals surface area contributed by atoms with Crippen molar-refractivity contribution in [1.82, 2.24) is 15.6 Å². The molecule has 1 aromatic heterocycles. The third-order valence-corrected chi connectivity index (χ3v) is 4.78. The van der Waals surface area contributed by atoms with E-state index < -0.39 is 0 Å². The van der Waals surface area contributed by atoms with E-state index in [0.717, 1.165) is 35.4 Å². The first-order valence-electron chi connectivity index (χ1n) is 8.55. The highest BCUT2D eigenvalue weighted by atomic mass is 32.1. The van der Waals surface area contributed by atoms with Gasteiger partial charge >= 0.3 is 0 Å². The number of nitrogens with zero attached hydrogens (tertiary/aromatic N) is 2. The molecule has 0 aliphatic heterocycles. The van der Waals surface area contributed by atoms with Crippen molar-refractivity contribution in [2.45, 2.75) is 39.7 Å². The lowest BCUT2D eigenvalue weighted by Crippen LogP contribution is -2.37. The van der Waals surface area contributed by atoms with Gasteiger partial charge in [0, 0.05) is 19.0 Å². The number of ether oxygens (including phenoxy) is 1. The highest BCUT2D eigenvalue weighted by molar-refractivity contribution is 7.09. The number of hydrogen-bond acceptors (Lipinski definition) is 4. The second-order valence-corrected chi connectivity index (χ2v) is 7.18. The summed E-state index contributed by atoms with van der Waals surface area (Å²) < 4.78 is 5.43. The summed E-state index contributed by atoms with van der Waals surface area (Å²) in [6.45, 7) is 7.88. The molecule has 0 fully saturated rings. The fourth-order valence-corrected chi connectivity index (χ4v) is 3.36. The van der Waals surface area contributed by atoms with E-state index >= 15 is 0 Å². The van der Waals surface area contributed by atoms with Crippen LogP contribution in [0.5, 0.6) is 5.75 Å². The Bertz CT molecular complexity index is 709. The second-order valence-electron chi connectivity index (χ2n) is 6.24. The Kier molecular flexibility index (Phi) is 7.25. The molecule has 0 aliphatic rings. The number of aryl methyl sites for hydroxylation is 1. The van der Waals surface area contributed by atoms with Gasteiger partial charge in [0.2, 0.25) is 0 Å². The smallest absolute Gasteiger partial charge is 0.191 e. The van der Waals surface area contributed by atoms with Gasteiger partial charge in [-0.2, -0.15) is 0 Å². The van der Waals surface area contributed by atoms with E-state index in [2.05, 4.69) is 58.9 Å². The predicted octanol–water partition coefficient (Wildman–Crippen LogP) is 3.49. The van der Waals surface area contributed by atoms with Crippen LogP contribution >= 0.6 is 11.3 Å². The van der Waals surface area contributed by atoms with Crippen LogP contribution in [0.2, 0.25) is 0 Å². The van der Waals surface area contributed by atoms with Crippen LogP contribution in [0.1, 0.15) is 41.6 Å². The number of benzene rings is 1. The lowest BCUT2D eigenvalue weighted by atomic mass is 10.1. The van der Waals surface area contributed by atoms with Crippen molar-refractivity contribution < 1.29 is 4.74 Å². The van der Waals surface area contributed by atoms with Gasteiger partial charge in [-0.25, -0.2) is 4.98 Å². The summed E-state index contributed by atoms with van der Waals surface area (Å²) in [5, 5.41) is 9.87. The average Bonchev–Trinajstić information content (AvgIpc) is 3.07. The maximum Gasteiger partial charge on any atom is 0.191 e. The van der Waals surface area contributed by atoms with Crippen molar-refractivity contribution in [3.8, 4) is 5.75 Å². The van der Waals surface area contributed by atoms with Gasteiger partial charge in [-0.1, -0.05) is 31.5 Å². The first kappa shape index (κ1) is 19.2. The predicted molar refractivity (Wildman–Crippen MR) is 106 cm³/mol. The summed E-state index contributed by atoms with van der Waals surface area (Å²) in [5.41, 5.74) is 3.59. The van der Waals surface area contributed by atoms with Gasteiger partial charge < -0.3 is 15.4 Å². The minimum Gasteiger partial charge on any atom is -0.496 e. The van der Waals surface area contributed by atoms with Gasteiger partial charge in [-0.15, -0.1) is 11.3 Å². The molecular formula is C19H28N4OS. The Hall–Kier alpha value is -2.08. The zero-order chi connectivity index (χ0) is 18.2. The number of guanidine groups is 1. The Labute approximate surface area is 154 Å². The van der Waals surface area contributed by atoms with E-state index in [9.17, 15) is 0 Å². The molecule has 0 bridgehead atoms. The summed E-state index contributed by atoms with van der Waals surface area (Å²) in [6.07, 6.45) is 0.875. The van der Waals surface area contributed by atoms with Crippen molar-refractivity contribution in [2.75, 3.05) is 20.7 Å². The van der Waals surface area contributed by atoms with Crippen LogP contribution < -0.4 is 15.4 Å². The van der Waals surface area contributed by atoms with Gasteiger partial charge in [0.1, 0.15) is 10.8 Å². The highest BCUT2D eigenvalue weighted by Gasteiger charge is 2.07. The molecule has 0 unspecified atom stereocenters. The second kappa shape index (κ2) is 9.42. The lowest BCUT2D eigenvalue weighted by molar-refractivity contribution is 0.409. The van der Waals surface area contributed by atoms with Gasteiger partial charge in [0.05, 0.1) is 19.3 Å². The number of aliphatic imine (C=N–C) groups is 1. The van der Waals surface area contributed by atoms with Crippen molar-refractivity contribution in [2.24, 2.45) is 4.99 Å². The molecule has 1 aromatic carbocycles. The zero-order valence-electron chi connectivity index (χ0n) is 15.7. The SMILES string of the molecule is CN=C(NCCc1cc(C)ccc1OC)NCc1nc(C(C)C)cs1. The van der Waals surface area contributed by atoms with Crippen LogP contribution in [-0.4, -0.2) is 31.6 Å². The molecule has 0 saturated heterocycles. The van der Waals surface area contributed by atoms with Crippen LogP contribution in [-0.2, 0) is 13.0 Å². The number of thiazole rings is 1. The third-order valence-electron chi connectivity index (χ3n) is 3.91. The molecule has 25 heavy (non-hydrogen) atoms. The Balaban J connectivity index is 1.83. The summed E-state index contributed by atoms with van der Waals surface area (Å²) in [4.78, 5) is 8.91. The van der Waals surface area contributed by atoms with Crippen LogP contribution in [0.25, 0.3) is 0 Å². The highest BCUT2D eigenvalue weighted by Crippen LogP contribution is 2.20. The Morgan fingerprint density at radius 3 is 2.76 bits per heavy atom. The molecule has 2 N–H and O–H groups in total. The fraction of sp³-hybridized carbons (Fsp3) is 0.474. The quantitative estimate of drug-likeness (QED) is 0.586. The topological polar surface area (TPSA) is 58.5 Å². The number of methoxy groups -OCH3 is 1. The van der Waals surface area contributed by atoms with E-state index in [1.807, 2.05) is 6.07 Å². The van der Waals surface area contributed by atoms with E-state index in [0.29, 0.717) is 12.5 Å². The molecule has 2 aromatic rings. The molecular weight excluding hydrogens is 332 g/mol. The number of nitrogens with one attached hydrogen (secondary N) is 2. The van der Waals surface area contributed by atoms with Crippen molar-refractivity contribution in [1.29, 1.82) is 0 Å². The number of rotatable bonds is 7. The Morgan fingerprint density at radius 1 is 1.32 bits per heavy atom. The first-order chi connectivity index (χ1) is 12.0. The van der Waals surface area contributed by atoms with Gasteiger partial charge in [0.25, 0.3) is 0 Å². The molecule has 0 atom stereocenters. The molecule has 0 spiro atoms. The van der Waals surface area contributed by atoms with E-state index in [1.54, 1.807) is 25.5 Å². The summed E-state index contributed by atoms with van der Waals surface area (Å²) >= 11 is 1.68. The molecule has 136 valence electrons. The summed E-state index contributed by atoms with van der Waals surface area (Å²) in [7, 11) is 3.49. The van der Waals surface area contributed by atoms with Crippen LogP contribution in [0, 0.1) is 6.92 Å². The largest absolute Gasteiger partial charge is 0.496 e. The van der Waals surface area contributed by atoms with Crippen molar-refractivity contribution in [3.63, 3.8) is 0 Å². The molecule has 0 radical (unpaired) electrons. The van der Waals surface area contributed by atoms with Gasteiger partial charge in [0.15, 0.2) is 5.96 Å².